The first-order chi connectivity index (χ1) is 8.38. The summed E-state index contributed by atoms with van der Waals surface area (Å²) >= 11 is 0. The highest BCUT2D eigenvalue weighted by molar-refractivity contribution is 5.32. The van der Waals surface area contributed by atoms with E-state index in [4.69, 9.17) is 9.84 Å². The molecule has 0 spiro atoms. The quantitative estimate of drug-likeness (QED) is 0.849. The SMILES string of the molecule is OCCCc1ccc(Oc2ccccc2)cc1. The van der Waals surface area contributed by atoms with E-state index < -0.39 is 0 Å². The van der Waals surface area contributed by atoms with Crippen molar-refractivity contribution in [3.05, 3.63) is 60.2 Å². The number of para-hydroxylation sites is 1. The van der Waals surface area contributed by atoms with Gasteiger partial charge in [0.25, 0.3) is 0 Å². The summed E-state index contributed by atoms with van der Waals surface area (Å²) in [4.78, 5) is 0. The third kappa shape index (κ3) is 3.61. The zero-order valence-electron chi connectivity index (χ0n) is 9.67. The van der Waals surface area contributed by atoms with E-state index in [0.29, 0.717) is 0 Å². The van der Waals surface area contributed by atoms with Crippen molar-refractivity contribution in [1.82, 2.24) is 0 Å². The van der Waals surface area contributed by atoms with Crippen molar-refractivity contribution in [3.63, 3.8) is 0 Å². The van der Waals surface area contributed by atoms with Crippen LogP contribution in [0.25, 0.3) is 0 Å². The summed E-state index contributed by atoms with van der Waals surface area (Å²) in [5.41, 5.74) is 1.22. The van der Waals surface area contributed by atoms with Crippen LogP contribution in [-0.4, -0.2) is 11.7 Å². The maximum Gasteiger partial charge on any atom is 0.127 e. The lowest BCUT2D eigenvalue weighted by Crippen LogP contribution is -1.89. The largest absolute Gasteiger partial charge is 0.457 e. The van der Waals surface area contributed by atoms with E-state index in [1.807, 2.05) is 54.6 Å². The summed E-state index contributed by atoms with van der Waals surface area (Å²) < 4.78 is 5.69. The second-order valence-electron chi connectivity index (χ2n) is 3.89. The fourth-order valence-electron chi connectivity index (χ4n) is 1.63. The van der Waals surface area contributed by atoms with E-state index >= 15 is 0 Å². The molecule has 2 aromatic rings. The van der Waals surface area contributed by atoms with Crippen LogP contribution in [0.2, 0.25) is 0 Å². The summed E-state index contributed by atoms with van der Waals surface area (Å²) in [5.74, 6) is 1.68. The number of rotatable bonds is 5. The number of hydrogen-bond donors (Lipinski definition) is 1. The number of aliphatic hydroxyl groups is 1. The Bertz CT molecular complexity index is 434. The van der Waals surface area contributed by atoms with Gasteiger partial charge in [0.15, 0.2) is 0 Å². The van der Waals surface area contributed by atoms with Gasteiger partial charge in [0.2, 0.25) is 0 Å². The predicted octanol–water partition coefficient (Wildman–Crippen LogP) is 3.40. The van der Waals surface area contributed by atoms with E-state index in [9.17, 15) is 0 Å². The number of aliphatic hydroxyl groups excluding tert-OH is 1. The fourth-order valence-corrected chi connectivity index (χ4v) is 1.63. The van der Waals surface area contributed by atoms with Crippen LogP contribution in [0.3, 0.4) is 0 Å². The third-order valence-electron chi connectivity index (χ3n) is 2.53. The molecular weight excluding hydrogens is 212 g/mol. The van der Waals surface area contributed by atoms with Crippen molar-refractivity contribution < 1.29 is 9.84 Å². The first kappa shape index (κ1) is 11.7. The lowest BCUT2D eigenvalue weighted by atomic mass is 10.1. The second kappa shape index (κ2) is 6.06. The standard InChI is InChI=1S/C15H16O2/c16-12-4-5-13-8-10-15(11-9-13)17-14-6-2-1-3-7-14/h1-3,6-11,16H,4-5,12H2. The van der Waals surface area contributed by atoms with E-state index in [1.54, 1.807) is 0 Å². The molecule has 1 N–H and O–H groups in total. The Morgan fingerprint density at radius 1 is 0.824 bits per heavy atom. The van der Waals surface area contributed by atoms with Gasteiger partial charge >= 0.3 is 0 Å². The van der Waals surface area contributed by atoms with Gasteiger partial charge in [0.05, 0.1) is 0 Å². The van der Waals surface area contributed by atoms with Crippen LogP contribution in [0, 0.1) is 0 Å². The van der Waals surface area contributed by atoms with E-state index in [-0.39, 0.29) is 6.61 Å². The molecule has 0 fully saturated rings. The van der Waals surface area contributed by atoms with Crippen molar-refractivity contribution in [2.45, 2.75) is 12.8 Å². The molecular formula is C15H16O2. The second-order valence-corrected chi connectivity index (χ2v) is 3.89. The van der Waals surface area contributed by atoms with E-state index in [0.717, 1.165) is 24.3 Å². The van der Waals surface area contributed by atoms with Crippen molar-refractivity contribution >= 4 is 0 Å². The van der Waals surface area contributed by atoms with Crippen LogP contribution in [0.1, 0.15) is 12.0 Å². The highest BCUT2D eigenvalue weighted by Gasteiger charge is 1.97. The summed E-state index contributed by atoms with van der Waals surface area (Å²) in [7, 11) is 0. The van der Waals surface area contributed by atoms with Crippen molar-refractivity contribution in [2.75, 3.05) is 6.61 Å². The van der Waals surface area contributed by atoms with Gasteiger partial charge in [0, 0.05) is 6.61 Å². The molecule has 0 aliphatic heterocycles. The number of hydrogen-bond acceptors (Lipinski definition) is 2. The van der Waals surface area contributed by atoms with Crippen molar-refractivity contribution in [3.8, 4) is 11.5 Å². The molecule has 0 aromatic heterocycles. The van der Waals surface area contributed by atoms with Gasteiger partial charge in [-0.1, -0.05) is 30.3 Å². The average molecular weight is 228 g/mol. The zero-order chi connectivity index (χ0) is 11.9. The summed E-state index contributed by atoms with van der Waals surface area (Å²) in [6.45, 7) is 0.238. The highest BCUT2D eigenvalue weighted by Crippen LogP contribution is 2.21. The molecule has 0 bridgehead atoms. The molecule has 0 unspecified atom stereocenters. The van der Waals surface area contributed by atoms with Crippen LogP contribution in [0.4, 0.5) is 0 Å². The molecule has 88 valence electrons. The predicted molar refractivity (Wildman–Crippen MR) is 68.4 cm³/mol. The van der Waals surface area contributed by atoms with Crippen LogP contribution in [-0.2, 0) is 6.42 Å². The maximum atomic E-state index is 8.75. The molecule has 2 aromatic carbocycles. The molecule has 0 atom stereocenters. The molecule has 0 aliphatic rings. The smallest absolute Gasteiger partial charge is 0.127 e. The third-order valence-corrected chi connectivity index (χ3v) is 2.53. The normalized spacial score (nSPS) is 10.2. The Hall–Kier alpha value is -1.80. The molecule has 0 aliphatic carbocycles. The van der Waals surface area contributed by atoms with Gasteiger partial charge in [0.1, 0.15) is 11.5 Å². The Labute approximate surface area is 101 Å². The minimum atomic E-state index is 0.238. The molecule has 0 saturated carbocycles. The van der Waals surface area contributed by atoms with Crippen molar-refractivity contribution in [2.24, 2.45) is 0 Å². The van der Waals surface area contributed by atoms with Crippen LogP contribution >= 0.6 is 0 Å². The molecule has 0 heterocycles. The molecule has 0 amide bonds. The van der Waals surface area contributed by atoms with E-state index in [2.05, 4.69) is 0 Å². The molecule has 2 nitrogen and oxygen atoms in total. The Morgan fingerprint density at radius 3 is 2.12 bits per heavy atom. The maximum absolute atomic E-state index is 8.75. The van der Waals surface area contributed by atoms with Crippen LogP contribution in [0.5, 0.6) is 11.5 Å². The van der Waals surface area contributed by atoms with Gasteiger partial charge in [-0.25, -0.2) is 0 Å². The fraction of sp³-hybridized carbons (Fsp3) is 0.200. The molecule has 0 saturated heterocycles. The first-order valence-corrected chi connectivity index (χ1v) is 5.81. The van der Waals surface area contributed by atoms with Gasteiger partial charge in [-0.2, -0.15) is 0 Å². The topological polar surface area (TPSA) is 29.5 Å². The number of aryl methyl sites for hydroxylation is 1. The molecule has 0 radical (unpaired) electrons. The van der Waals surface area contributed by atoms with Gasteiger partial charge < -0.3 is 9.84 Å². The van der Waals surface area contributed by atoms with Crippen LogP contribution < -0.4 is 4.74 Å². The van der Waals surface area contributed by atoms with Crippen LogP contribution in [0.15, 0.2) is 54.6 Å². The lowest BCUT2D eigenvalue weighted by Gasteiger charge is -2.06. The molecule has 2 heteroatoms. The summed E-state index contributed by atoms with van der Waals surface area (Å²) in [6, 6.07) is 17.7. The Balaban J connectivity index is 1.98. The average Bonchev–Trinajstić information content (AvgIpc) is 2.39. The van der Waals surface area contributed by atoms with Gasteiger partial charge in [-0.3, -0.25) is 0 Å². The number of ether oxygens (including phenoxy) is 1. The van der Waals surface area contributed by atoms with E-state index in [1.165, 1.54) is 5.56 Å². The van der Waals surface area contributed by atoms with Crippen molar-refractivity contribution in [1.29, 1.82) is 0 Å². The number of benzene rings is 2. The van der Waals surface area contributed by atoms with Gasteiger partial charge in [-0.15, -0.1) is 0 Å². The zero-order valence-corrected chi connectivity index (χ0v) is 9.67. The highest BCUT2D eigenvalue weighted by atomic mass is 16.5. The minimum Gasteiger partial charge on any atom is -0.457 e. The Kier molecular flexibility index (Phi) is 4.17. The minimum absolute atomic E-state index is 0.238. The summed E-state index contributed by atoms with van der Waals surface area (Å²) in [6.07, 6.45) is 1.71. The Morgan fingerprint density at radius 2 is 1.47 bits per heavy atom. The molecule has 17 heavy (non-hydrogen) atoms. The monoisotopic (exact) mass is 228 g/mol. The molecule has 2 rings (SSSR count). The lowest BCUT2D eigenvalue weighted by molar-refractivity contribution is 0.288. The first-order valence-electron chi connectivity index (χ1n) is 5.81. The van der Waals surface area contributed by atoms with Gasteiger partial charge in [-0.05, 0) is 42.7 Å². The summed E-state index contributed by atoms with van der Waals surface area (Å²) in [5, 5.41) is 8.75.